The van der Waals surface area contributed by atoms with Crippen molar-refractivity contribution in [1.82, 2.24) is 5.32 Å². The van der Waals surface area contributed by atoms with Crippen LogP contribution in [0.15, 0.2) is 12.1 Å². The zero-order valence-corrected chi connectivity index (χ0v) is 11.1. The highest BCUT2D eigenvalue weighted by molar-refractivity contribution is 5.25. The quantitative estimate of drug-likeness (QED) is 0.723. The van der Waals surface area contributed by atoms with Crippen molar-refractivity contribution in [1.29, 1.82) is 0 Å². The van der Waals surface area contributed by atoms with Crippen LogP contribution in [0.5, 0.6) is 0 Å². The standard InChI is InChI=1S/C14H21F2NO/c1-11-9-12(14(16)10-13(11)15)5-3-4-6-17-7-8-18-2/h9-10,17H,3-8H2,1-2H3. The molecule has 0 amide bonds. The summed E-state index contributed by atoms with van der Waals surface area (Å²) in [4.78, 5) is 0. The number of ether oxygens (including phenoxy) is 1. The van der Waals surface area contributed by atoms with Gasteiger partial charge in [0.1, 0.15) is 11.6 Å². The molecule has 0 spiro atoms. The predicted molar refractivity (Wildman–Crippen MR) is 68.8 cm³/mol. The van der Waals surface area contributed by atoms with Crippen LogP contribution in [0.2, 0.25) is 0 Å². The normalized spacial score (nSPS) is 10.9. The van der Waals surface area contributed by atoms with Crippen LogP contribution in [0.3, 0.4) is 0 Å². The fourth-order valence-electron chi connectivity index (χ4n) is 1.77. The molecule has 0 aliphatic carbocycles. The Balaban J connectivity index is 2.25. The highest BCUT2D eigenvalue weighted by atomic mass is 19.1. The Morgan fingerprint density at radius 1 is 1.11 bits per heavy atom. The number of benzene rings is 1. The lowest BCUT2D eigenvalue weighted by Gasteiger charge is -2.06. The summed E-state index contributed by atoms with van der Waals surface area (Å²) in [6.07, 6.45) is 2.51. The molecule has 1 aromatic rings. The van der Waals surface area contributed by atoms with Crippen molar-refractivity contribution in [3.8, 4) is 0 Å². The zero-order valence-electron chi connectivity index (χ0n) is 11.1. The van der Waals surface area contributed by atoms with E-state index in [9.17, 15) is 8.78 Å². The minimum atomic E-state index is -0.475. The summed E-state index contributed by atoms with van der Waals surface area (Å²) in [7, 11) is 1.67. The van der Waals surface area contributed by atoms with Gasteiger partial charge in [-0.05, 0) is 43.9 Å². The largest absolute Gasteiger partial charge is 0.383 e. The number of nitrogens with one attached hydrogen (secondary N) is 1. The maximum absolute atomic E-state index is 13.4. The summed E-state index contributed by atoms with van der Waals surface area (Å²) >= 11 is 0. The molecule has 0 radical (unpaired) electrons. The van der Waals surface area contributed by atoms with Gasteiger partial charge in [-0.2, -0.15) is 0 Å². The van der Waals surface area contributed by atoms with E-state index in [2.05, 4.69) is 5.32 Å². The van der Waals surface area contributed by atoms with Gasteiger partial charge in [0.2, 0.25) is 0 Å². The van der Waals surface area contributed by atoms with Gasteiger partial charge in [0.15, 0.2) is 0 Å². The fraction of sp³-hybridized carbons (Fsp3) is 0.571. The van der Waals surface area contributed by atoms with Crippen LogP contribution < -0.4 is 5.32 Å². The Kier molecular flexibility index (Phi) is 6.83. The molecule has 1 N–H and O–H groups in total. The van der Waals surface area contributed by atoms with Gasteiger partial charge in [0, 0.05) is 19.7 Å². The van der Waals surface area contributed by atoms with Crippen LogP contribution >= 0.6 is 0 Å². The second-order valence-electron chi connectivity index (χ2n) is 4.39. The van der Waals surface area contributed by atoms with Crippen LogP contribution in [0, 0.1) is 18.6 Å². The van der Waals surface area contributed by atoms with Crippen molar-refractivity contribution < 1.29 is 13.5 Å². The molecule has 0 aliphatic rings. The van der Waals surface area contributed by atoms with E-state index in [4.69, 9.17) is 4.74 Å². The van der Waals surface area contributed by atoms with E-state index in [1.54, 1.807) is 20.1 Å². The molecular weight excluding hydrogens is 236 g/mol. The maximum atomic E-state index is 13.4. The molecule has 2 nitrogen and oxygen atoms in total. The lowest BCUT2D eigenvalue weighted by molar-refractivity contribution is 0.199. The minimum Gasteiger partial charge on any atom is -0.383 e. The van der Waals surface area contributed by atoms with E-state index in [1.807, 2.05) is 0 Å². The van der Waals surface area contributed by atoms with Gasteiger partial charge < -0.3 is 10.1 Å². The van der Waals surface area contributed by atoms with Gasteiger partial charge in [-0.25, -0.2) is 8.78 Å². The molecule has 102 valence electrons. The summed E-state index contributed by atoms with van der Waals surface area (Å²) in [6, 6.07) is 2.57. The molecule has 0 aliphatic heterocycles. The number of methoxy groups -OCH3 is 1. The molecule has 18 heavy (non-hydrogen) atoms. The average molecular weight is 257 g/mol. The molecular formula is C14H21F2NO. The number of hydrogen-bond acceptors (Lipinski definition) is 2. The molecule has 0 heterocycles. The van der Waals surface area contributed by atoms with Crippen molar-refractivity contribution in [2.24, 2.45) is 0 Å². The number of unbranched alkanes of at least 4 members (excludes halogenated alkanes) is 1. The molecule has 1 rings (SSSR count). The molecule has 0 saturated carbocycles. The first-order valence-electron chi connectivity index (χ1n) is 6.29. The Morgan fingerprint density at radius 3 is 2.61 bits per heavy atom. The van der Waals surface area contributed by atoms with Crippen molar-refractivity contribution in [3.63, 3.8) is 0 Å². The molecule has 0 saturated heterocycles. The highest BCUT2D eigenvalue weighted by Gasteiger charge is 2.06. The van der Waals surface area contributed by atoms with Gasteiger partial charge in [0.05, 0.1) is 6.61 Å². The Hall–Kier alpha value is -1.00. The monoisotopic (exact) mass is 257 g/mol. The van der Waals surface area contributed by atoms with E-state index in [1.165, 1.54) is 0 Å². The average Bonchev–Trinajstić information content (AvgIpc) is 2.34. The first-order chi connectivity index (χ1) is 8.65. The predicted octanol–water partition coefficient (Wildman–Crippen LogP) is 2.83. The summed E-state index contributed by atoms with van der Waals surface area (Å²) < 4.78 is 31.4. The second-order valence-corrected chi connectivity index (χ2v) is 4.39. The van der Waals surface area contributed by atoms with Gasteiger partial charge in [0.25, 0.3) is 0 Å². The smallest absolute Gasteiger partial charge is 0.129 e. The van der Waals surface area contributed by atoms with Crippen LogP contribution in [0.25, 0.3) is 0 Å². The third-order valence-electron chi connectivity index (χ3n) is 2.86. The SMILES string of the molecule is COCCNCCCCc1cc(C)c(F)cc1F. The lowest BCUT2D eigenvalue weighted by atomic mass is 10.0. The molecule has 0 bridgehead atoms. The van der Waals surface area contributed by atoms with Gasteiger partial charge >= 0.3 is 0 Å². The van der Waals surface area contributed by atoms with Crippen LogP contribution in [-0.2, 0) is 11.2 Å². The molecule has 0 fully saturated rings. The Labute approximate surface area is 107 Å². The number of halogens is 2. The molecule has 0 aromatic heterocycles. The van der Waals surface area contributed by atoms with Crippen LogP contribution in [0.4, 0.5) is 8.78 Å². The molecule has 4 heteroatoms. The third kappa shape index (κ3) is 5.10. The highest BCUT2D eigenvalue weighted by Crippen LogP contribution is 2.16. The number of rotatable bonds is 8. The van der Waals surface area contributed by atoms with Gasteiger partial charge in [-0.1, -0.05) is 6.07 Å². The van der Waals surface area contributed by atoms with E-state index < -0.39 is 11.6 Å². The topological polar surface area (TPSA) is 21.3 Å². The van der Waals surface area contributed by atoms with E-state index >= 15 is 0 Å². The van der Waals surface area contributed by atoms with Crippen molar-refractivity contribution in [2.75, 3.05) is 26.8 Å². The van der Waals surface area contributed by atoms with Crippen molar-refractivity contribution >= 4 is 0 Å². The van der Waals surface area contributed by atoms with Crippen molar-refractivity contribution in [3.05, 3.63) is 34.9 Å². The molecule has 0 unspecified atom stereocenters. The van der Waals surface area contributed by atoms with E-state index in [0.717, 1.165) is 32.0 Å². The third-order valence-corrected chi connectivity index (χ3v) is 2.86. The summed E-state index contributed by atoms with van der Waals surface area (Å²) in [5, 5.41) is 3.23. The summed E-state index contributed by atoms with van der Waals surface area (Å²) in [5.41, 5.74) is 1.11. The maximum Gasteiger partial charge on any atom is 0.129 e. The first-order valence-corrected chi connectivity index (χ1v) is 6.29. The Bertz CT molecular complexity index is 369. The van der Waals surface area contributed by atoms with Crippen LogP contribution in [-0.4, -0.2) is 26.8 Å². The zero-order chi connectivity index (χ0) is 13.4. The summed E-state index contributed by atoms with van der Waals surface area (Å²) in [6.45, 7) is 4.09. The summed E-state index contributed by atoms with van der Waals surface area (Å²) in [5.74, 6) is -0.914. The van der Waals surface area contributed by atoms with E-state index in [0.29, 0.717) is 24.2 Å². The van der Waals surface area contributed by atoms with Crippen LogP contribution in [0.1, 0.15) is 24.0 Å². The fourth-order valence-corrected chi connectivity index (χ4v) is 1.77. The number of aryl methyl sites for hydroxylation is 2. The van der Waals surface area contributed by atoms with Gasteiger partial charge in [-0.3, -0.25) is 0 Å². The lowest BCUT2D eigenvalue weighted by Crippen LogP contribution is -2.20. The van der Waals surface area contributed by atoms with Gasteiger partial charge in [-0.15, -0.1) is 0 Å². The minimum absolute atomic E-state index is 0.439. The Morgan fingerprint density at radius 2 is 1.89 bits per heavy atom. The number of hydrogen-bond donors (Lipinski definition) is 1. The molecule has 0 atom stereocenters. The molecule has 1 aromatic carbocycles. The first kappa shape index (κ1) is 15.1. The van der Waals surface area contributed by atoms with E-state index in [-0.39, 0.29) is 0 Å². The second kappa shape index (κ2) is 8.16. The van der Waals surface area contributed by atoms with Crippen molar-refractivity contribution in [2.45, 2.75) is 26.2 Å².